The fourth-order valence-electron chi connectivity index (χ4n) is 1.13. The number of rotatable bonds is 1. The van der Waals surface area contributed by atoms with E-state index in [1.807, 2.05) is 18.2 Å². The van der Waals surface area contributed by atoms with Gasteiger partial charge < -0.3 is 5.21 Å². The number of benzene rings is 1. The second-order valence-electron chi connectivity index (χ2n) is 4.18. The van der Waals surface area contributed by atoms with E-state index >= 15 is 0 Å². The maximum absolute atomic E-state index is 10.9. The van der Waals surface area contributed by atoms with Gasteiger partial charge in [-0.3, -0.25) is 0 Å². The minimum atomic E-state index is 0.0754. The van der Waals surface area contributed by atoms with E-state index in [-0.39, 0.29) is 5.41 Å². The van der Waals surface area contributed by atoms with E-state index in [0.717, 1.165) is 5.56 Å². The van der Waals surface area contributed by atoms with Gasteiger partial charge in [-0.05, 0) is 11.0 Å². The van der Waals surface area contributed by atoms with Crippen molar-refractivity contribution in [2.75, 3.05) is 0 Å². The van der Waals surface area contributed by atoms with Crippen LogP contribution >= 0.6 is 0 Å². The van der Waals surface area contributed by atoms with Gasteiger partial charge in [-0.15, -0.1) is 0 Å². The SMILES string of the molecule is C=[N+]([O-])c1cccc(C(C)(C)C)c1. The predicted molar refractivity (Wildman–Crippen MR) is 55.6 cm³/mol. The molecule has 0 atom stereocenters. The van der Waals surface area contributed by atoms with Gasteiger partial charge in [0.15, 0.2) is 0 Å². The van der Waals surface area contributed by atoms with Crippen LogP contribution in [0.25, 0.3) is 0 Å². The fourth-order valence-corrected chi connectivity index (χ4v) is 1.13. The molecule has 0 spiro atoms. The Labute approximate surface area is 79.1 Å². The summed E-state index contributed by atoms with van der Waals surface area (Å²) in [5.41, 5.74) is 1.83. The molecule has 0 bridgehead atoms. The predicted octanol–water partition coefficient (Wildman–Crippen LogP) is 2.83. The molecular formula is C11H15NO. The van der Waals surface area contributed by atoms with Gasteiger partial charge in [-0.25, -0.2) is 0 Å². The van der Waals surface area contributed by atoms with Gasteiger partial charge >= 0.3 is 0 Å². The zero-order chi connectivity index (χ0) is 10.1. The van der Waals surface area contributed by atoms with Crippen molar-refractivity contribution in [1.29, 1.82) is 0 Å². The molecule has 0 radical (unpaired) electrons. The van der Waals surface area contributed by atoms with E-state index < -0.39 is 0 Å². The quantitative estimate of drug-likeness (QED) is 0.280. The molecule has 0 N–H and O–H groups in total. The molecule has 0 aliphatic rings. The summed E-state index contributed by atoms with van der Waals surface area (Å²) in [7, 11) is 0. The summed E-state index contributed by atoms with van der Waals surface area (Å²) in [6, 6.07) is 7.54. The lowest BCUT2D eigenvalue weighted by Crippen LogP contribution is -2.11. The van der Waals surface area contributed by atoms with Gasteiger partial charge in [0.25, 0.3) is 0 Å². The molecule has 0 amide bonds. The van der Waals surface area contributed by atoms with Gasteiger partial charge in [-0.1, -0.05) is 32.9 Å². The van der Waals surface area contributed by atoms with Crippen molar-refractivity contribution in [2.24, 2.45) is 0 Å². The van der Waals surface area contributed by atoms with Crippen LogP contribution in [0.4, 0.5) is 5.69 Å². The van der Waals surface area contributed by atoms with Crippen LogP contribution in [0.15, 0.2) is 24.3 Å². The number of hydrogen-bond acceptors (Lipinski definition) is 1. The molecule has 1 aromatic carbocycles. The third-order valence-corrected chi connectivity index (χ3v) is 2.00. The summed E-state index contributed by atoms with van der Waals surface area (Å²) >= 11 is 0. The van der Waals surface area contributed by atoms with E-state index in [1.54, 1.807) is 6.07 Å². The van der Waals surface area contributed by atoms with Crippen LogP contribution in [-0.4, -0.2) is 11.5 Å². The first-order chi connectivity index (χ1) is 5.91. The Balaban J connectivity index is 3.13. The Hall–Kier alpha value is -1.31. The molecule has 1 rings (SSSR count). The lowest BCUT2D eigenvalue weighted by atomic mass is 9.87. The van der Waals surface area contributed by atoms with Gasteiger partial charge in [0.2, 0.25) is 5.69 Å². The smallest absolute Gasteiger partial charge is 0.216 e. The van der Waals surface area contributed by atoms with E-state index in [0.29, 0.717) is 10.4 Å². The highest BCUT2D eigenvalue weighted by Crippen LogP contribution is 2.25. The molecule has 2 heteroatoms. The standard InChI is InChI=1S/C11H15NO/c1-11(2,3)9-6-5-7-10(8-9)12(4)13/h5-8H,4H2,1-3H3. The Bertz CT molecular complexity index is 323. The molecular weight excluding hydrogens is 162 g/mol. The highest BCUT2D eigenvalue weighted by Gasteiger charge is 2.14. The zero-order valence-corrected chi connectivity index (χ0v) is 8.37. The van der Waals surface area contributed by atoms with Crippen LogP contribution in [0.5, 0.6) is 0 Å². The van der Waals surface area contributed by atoms with Crippen molar-refractivity contribution >= 4 is 12.4 Å². The van der Waals surface area contributed by atoms with Gasteiger partial charge in [0, 0.05) is 12.1 Å². The van der Waals surface area contributed by atoms with Crippen molar-refractivity contribution in [3.05, 3.63) is 35.0 Å². The van der Waals surface area contributed by atoms with Gasteiger partial charge in [0.05, 0.1) is 0 Å². The van der Waals surface area contributed by atoms with Crippen molar-refractivity contribution in [3.63, 3.8) is 0 Å². The number of nitrogens with zero attached hydrogens (tertiary/aromatic N) is 1. The van der Waals surface area contributed by atoms with Crippen molar-refractivity contribution in [1.82, 2.24) is 0 Å². The van der Waals surface area contributed by atoms with Crippen LogP contribution in [0.2, 0.25) is 0 Å². The summed E-state index contributed by atoms with van der Waals surface area (Å²) in [4.78, 5) is 0. The van der Waals surface area contributed by atoms with E-state index in [9.17, 15) is 5.21 Å². The third kappa shape index (κ3) is 2.31. The first kappa shape index (κ1) is 9.78. The molecule has 13 heavy (non-hydrogen) atoms. The largest absolute Gasteiger partial charge is 0.619 e. The Morgan fingerprint density at radius 1 is 1.31 bits per heavy atom. The van der Waals surface area contributed by atoms with E-state index in [2.05, 4.69) is 27.5 Å². The maximum Gasteiger partial charge on any atom is 0.216 e. The summed E-state index contributed by atoms with van der Waals surface area (Å²) < 4.78 is 0.634. The van der Waals surface area contributed by atoms with Crippen molar-refractivity contribution in [2.45, 2.75) is 26.2 Å². The van der Waals surface area contributed by atoms with E-state index in [1.165, 1.54) is 0 Å². The Morgan fingerprint density at radius 3 is 2.38 bits per heavy atom. The Kier molecular flexibility index (Phi) is 2.41. The fraction of sp³-hybridized carbons (Fsp3) is 0.364. The summed E-state index contributed by atoms with van der Waals surface area (Å²) in [6.45, 7) is 9.66. The topological polar surface area (TPSA) is 26.1 Å². The Morgan fingerprint density at radius 2 is 1.92 bits per heavy atom. The zero-order valence-electron chi connectivity index (χ0n) is 8.37. The molecule has 2 nitrogen and oxygen atoms in total. The molecule has 70 valence electrons. The van der Waals surface area contributed by atoms with Gasteiger partial charge in [0.1, 0.15) is 6.72 Å². The summed E-state index contributed by atoms with van der Waals surface area (Å²) in [5.74, 6) is 0. The lowest BCUT2D eigenvalue weighted by Gasteiger charge is -2.18. The highest BCUT2D eigenvalue weighted by molar-refractivity contribution is 5.39. The molecule has 0 unspecified atom stereocenters. The third-order valence-electron chi connectivity index (χ3n) is 2.00. The molecule has 0 aromatic heterocycles. The minimum Gasteiger partial charge on any atom is -0.619 e. The van der Waals surface area contributed by atoms with Crippen LogP contribution in [0.3, 0.4) is 0 Å². The molecule has 0 aliphatic heterocycles. The first-order valence-corrected chi connectivity index (χ1v) is 4.29. The van der Waals surface area contributed by atoms with Crippen LogP contribution < -0.4 is 0 Å². The second kappa shape index (κ2) is 3.21. The lowest BCUT2D eigenvalue weighted by molar-refractivity contribution is -0.350. The van der Waals surface area contributed by atoms with E-state index in [4.69, 9.17) is 0 Å². The average Bonchev–Trinajstić information content (AvgIpc) is 2.03. The maximum atomic E-state index is 10.9. The average molecular weight is 177 g/mol. The number of hydrogen-bond donors (Lipinski definition) is 0. The first-order valence-electron chi connectivity index (χ1n) is 4.29. The molecule has 0 saturated carbocycles. The van der Waals surface area contributed by atoms with Crippen LogP contribution in [0, 0.1) is 5.21 Å². The summed E-state index contributed by atoms with van der Waals surface area (Å²) in [5, 5.41) is 10.9. The molecule has 0 heterocycles. The molecule has 0 aliphatic carbocycles. The van der Waals surface area contributed by atoms with Crippen molar-refractivity contribution in [3.8, 4) is 0 Å². The van der Waals surface area contributed by atoms with Gasteiger partial charge in [-0.2, -0.15) is 4.74 Å². The monoisotopic (exact) mass is 177 g/mol. The van der Waals surface area contributed by atoms with Crippen LogP contribution in [0.1, 0.15) is 26.3 Å². The molecule has 0 saturated heterocycles. The highest BCUT2D eigenvalue weighted by atomic mass is 16.5. The summed E-state index contributed by atoms with van der Waals surface area (Å²) in [6.07, 6.45) is 0. The van der Waals surface area contributed by atoms with Crippen molar-refractivity contribution < 1.29 is 4.74 Å². The minimum absolute atomic E-state index is 0.0754. The molecule has 0 fully saturated rings. The normalized spacial score (nSPS) is 11.3. The second-order valence-corrected chi connectivity index (χ2v) is 4.18. The van der Waals surface area contributed by atoms with Crippen LogP contribution in [-0.2, 0) is 5.41 Å². The molecule has 1 aromatic rings.